The summed E-state index contributed by atoms with van der Waals surface area (Å²) >= 11 is 0. The van der Waals surface area contributed by atoms with Crippen LogP contribution in [0.25, 0.3) is 0 Å². The third-order valence-electron chi connectivity index (χ3n) is 4.35. The molecule has 3 rings (SSSR count). The van der Waals surface area contributed by atoms with Gasteiger partial charge < -0.3 is 15.1 Å². The summed E-state index contributed by atoms with van der Waals surface area (Å²) in [5.74, 6) is -2.01. The fourth-order valence-corrected chi connectivity index (χ4v) is 2.85. The minimum absolute atomic E-state index is 0.151. The van der Waals surface area contributed by atoms with Gasteiger partial charge in [-0.15, -0.1) is 0 Å². The highest BCUT2D eigenvalue weighted by Gasteiger charge is 2.33. The van der Waals surface area contributed by atoms with Crippen LogP contribution in [0.5, 0.6) is 0 Å². The zero-order valence-electron chi connectivity index (χ0n) is 14.7. The number of hydrogen-bond acceptors (Lipinski definition) is 3. The molecule has 7 heteroatoms. The first-order valence-corrected chi connectivity index (χ1v) is 8.66. The molecule has 6 nitrogen and oxygen atoms in total. The Labute approximate surface area is 156 Å². The number of rotatable bonds is 6. The quantitative estimate of drug-likeness (QED) is 0.781. The number of benzene rings is 2. The van der Waals surface area contributed by atoms with Gasteiger partial charge in [-0.25, -0.2) is 4.39 Å². The number of piperazine rings is 1. The fraction of sp³-hybridized carbons (Fsp3) is 0.250. The highest BCUT2D eigenvalue weighted by molar-refractivity contribution is 6.35. The molecule has 1 heterocycles. The van der Waals surface area contributed by atoms with Crippen molar-refractivity contribution in [1.29, 1.82) is 0 Å². The van der Waals surface area contributed by atoms with Crippen LogP contribution in [0.2, 0.25) is 0 Å². The first-order valence-electron chi connectivity index (χ1n) is 8.66. The van der Waals surface area contributed by atoms with E-state index in [9.17, 15) is 18.8 Å². The van der Waals surface area contributed by atoms with Crippen LogP contribution in [0.1, 0.15) is 11.1 Å². The molecule has 2 aromatic carbocycles. The first-order chi connectivity index (χ1) is 13.0. The van der Waals surface area contributed by atoms with E-state index >= 15 is 0 Å². The van der Waals surface area contributed by atoms with Gasteiger partial charge >= 0.3 is 11.8 Å². The lowest BCUT2D eigenvalue weighted by atomic mass is 10.2. The minimum Gasteiger partial charge on any atom is -0.350 e. The molecule has 140 valence electrons. The van der Waals surface area contributed by atoms with E-state index in [0.29, 0.717) is 13.1 Å². The maximum atomic E-state index is 13.0. The molecule has 3 amide bonds. The molecule has 1 saturated heterocycles. The van der Waals surface area contributed by atoms with Gasteiger partial charge in [-0.3, -0.25) is 14.4 Å². The molecule has 0 spiro atoms. The lowest BCUT2D eigenvalue weighted by Crippen LogP contribution is -2.55. The Balaban J connectivity index is 1.51. The molecule has 1 fully saturated rings. The summed E-state index contributed by atoms with van der Waals surface area (Å²) in [6.07, 6.45) is 0. The summed E-state index contributed by atoms with van der Waals surface area (Å²) in [5.41, 5.74) is 1.70. The van der Waals surface area contributed by atoms with Crippen molar-refractivity contribution in [2.45, 2.75) is 13.1 Å². The van der Waals surface area contributed by atoms with Gasteiger partial charge in [0, 0.05) is 26.2 Å². The number of carbonyl (C=O) groups is 3. The van der Waals surface area contributed by atoms with Gasteiger partial charge in [0.1, 0.15) is 12.4 Å². The van der Waals surface area contributed by atoms with Crippen molar-refractivity contribution in [3.05, 3.63) is 71.5 Å². The summed E-state index contributed by atoms with van der Waals surface area (Å²) in [6, 6.07) is 15.2. The first kappa shape index (κ1) is 18.6. The molecule has 0 atom stereocenters. The molecule has 0 aliphatic carbocycles. The van der Waals surface area contributed by atoms with Crippen molar-refractivity contribution < 1.29 is 18.8 Å². The Kier molecular flexibility index (Phi) is 5.80. The Morgan fingerprint density at radius 1 is 0.889 bits per heavy atom. The number of amides is 3. The number of halogens is 1. The third-order valence-corrected chi connectivity index (χ3v) is 4.35. The molecule has 0 radical (unpaired) electrons. The van der Waals surface area contributed by atoms with Crippen molar-refractivity contribution in [2.75, 3.05) is 19.6 Å². The van der Waals surface area contributed by atoms with Crippen LogP contribution in [-0.4, -0.2) is 47.2 Å². The third kappa shape index (κ3) is 4.91. The SMILES string of the molecule is O=C(CN1CCN(Cc2ccc(F)cc2)C(=O)C1=O)NCc1ccccc1. The normalized spacial score (nSPS) is 14.4. The summed E-state index contributed by atoms with van der Waals surface area (Å²) in [6.45, 7) is 1.06. The van der Waals surface area contributed by atoms with E-state index < -0.39 is 11.8 Å². The smallest absolute Gasteiger partial charge is 0.312 e. The number of carbonyl (C=O) groups excluding carboxylic acids is 3. The fourth-order valence-electron chi connectivity index (χ4n) is 2.85. The standard InChI is InChI=1S/C20H20FN3O3/c21-17-8-6-16(7-9-17)13-23-10-11-24(20(27)19(23)26)14-18(25)22-12-15-4-2-1-3-5-15/h1-9H,10-14H2,(H,22,25). The second-order valence-corrected chi connectivity index (χ2v) is 6.34. The number of nitrogens with zero attached hydrogens (tertiary/aromatic N) is 2. The molecule has 0 bridgehead atoms. The van der Waals surface area contributed by atoms with Crippen LogP contribution in [0, 0.1) is 5.82 Å². The second kappa shape index (κ2) is 8.44. The highest BCUT2D eigenvalue weighted by Crippen LogP contribution is 2.11. The van der Waals surface area contributed by atoms with E-state index in [1.54, 1.807) is 12.1 Å². The maximum Gasteiger partial charge on any atom is 0.312 e. The van der Waals surface area contributed by atoms with Crippen molar-refractivity contribution in [1.82, 2.24) is 15.1 Å². The molecule has 0 aromatic heterocycles. The molecule has 1 aliphatic heterocycles. The Morgan fingerprint density at radius 3 is 2.22 bits per heavy atom. The van der Waals surface area contributed by atoms with Crippen LogP contribution in [0.15, 0.2) is 54.6 Å². The van der Waals surface area contributed by atoms with E-state index in [0.717, 1.165) is 11.1 Å². The lowest BCUT2D eigenvalue weighted by Gasteiger charge is -2.33. The average molecular weight is 369 g/mol. The zero-order chi connectivity index (χ0) is 19.2. The molecular formula is C20H20FN3O3. The van der Waals surface area contributed by atoms with Crippen molar-refractivity contribution in [3.63, 3.8) is 0 Å². The molecule has 2 aromatic rings. The zero-order valence-corrected chi connectivity index (χ0v) is 14.7. The van der Waals surface area contributed by atoms with Crippen molar-refractivity contribution in [2.24, 2.45) is 0 Å². The second-order valence-electron chi connectivity index (χ2n) is 6.34. The predicted molar refractivity (Wildman–Crippen MR) is 96.7 cm³/mol. The van der Waals surface area contributed by atoms with Crippen molar-refractivity contribution in [3.8, 4) is 0 Å². The van der Waals surface area contributed by atoms with Crippen molar-refractivity contribution >= 4 is 17.7 Å². The van der Waals surface area contributed by atoms with E-state index in [-0.39, 0.29) is 31.4 Å². The predicted octanol–water partition coefficient (Wildman–Crippen LogP) is 1.31. The highest BCUT2D eigenvalue weighted by atomic mass is 19.1. The van der Waals surface area contributed by atoms with Gasteiger partial charge in [0.15, 0.2) is 0 Å². The van der Waals surface area contributed by atoms with Gasteiger partial charge in [0.25, 0.3) is 0 Å². The van der Waals surface area contributed by atoms with Gasteiger partial charge in [0.05, 0.1) is 0 Å². The van der Waals surface area contributed by atoms with Gasteiger partial charge in [-0.2, -0.15) is 0 Å². The van der Waals surface area contributed by atoms with Crippen LogP contribution in [-0.2, 0) is 27.5 Å². The summed E-state index contributed by atoms with van der Waals surface area (Å²) in [7, 11) is 0. The molecule has 27 heavy (non-hydrogen) atoms. The van der Waals surface area contributed by atoms with E-state index in [4.69, 9.17) is 0 Å². The Morgan fingerprint density at radius 2 is 1.52 bits per heavy atom. The molecule has 1 N–H and O–H groups in total. The lowest BCUT2D eigenvalue weighted by molar-refractivity contribution is -0.157. The average Bonchev–Trinajstić information content (AvgIpc) is 2.68. The summed E-state index contributed by atoms with van der Waals surface area (Å²) in [5, 5.41) is 2.74. The summed E-state index contributed by atoms with van der Waals surface area (Å²) < 4.78 is 13.0. The van der Waals surface area contributed by atoms with Crippen LogP contribution in [0.4, 0.5) is 4.39 Å². The van der Waals surface area contributed by atoms with Crippen LogP contribution < -0.4 is 5.32 Å². The molecule has 0 saturated carbocycles. The van der Waals surface area contributed by atoms with E-state index in [1.807, 2.05) is 30.3 Å². The van der Waals surface area contributed by atoms with Crippen LogP contribution >= 0.6 is 0 Å². The number of hydrogen-bond donors (Lipinski definition) is 1. The molecular weight excluding hydrogens is 349 g/mol. The van der Waals surface area contributed by atoms with Crippen LogP contribution in [0.3, 0.4) is 0 Å². The number of nitrogens with one attached hydrogen (secondary N) is 1. The Bertz CT molecular complexity index is 824. The molecule has 0 unspecified atom stereocenters. The Hall–Kier alpha value is -3.22. The summed E-state index contributed by atoms with van der Waals surface area (Å²) in [4.78, 5) is 39.3. The van der Waals surface area contributed by atoms with E-state index in [2.05, 4.69) is 5.32 Å². The van der Waals surface area contributed by atoms with E-state index in [1.165, 1.54) is 21.9 Å². The largest absolute Gasteiger partial charge is 0.350 e. The van der Waals surface area contributed by atoms with Gasteiger partial charge in [0.2, 0.25) is 5.91 Å². The monoisotopic (exact) mass is 369 g/mol. The maximum absolute atomic E-state index is 13.0. The minimum atomic E-state index is -0.696. The topological polar surface area (TPSA) is 69.7 Å². The van der Waals surface area contributed by atoms with Gasteiger partial charge in [-0.1, -0.05) is 42.5 Å². The molecule has 1 aliphatic rings. The van der Waals surface area contributed by atoms with Gasteiger partial charge in [-0.05, 0) is 23.3 Å².